The number of benzene rings is 1. The zero-order valence-electron chi connectivity index (χ0n) is 18.1. The molecule has 0 spiro atoms. The van der Waals surface area contributed by atoms with E-state index in [9.17, 15) is 19.1 Å². The number of carbonyl (C=O) groups excluding carboxylic acids is 1. The number of rotatable bonds is 5. The van der Waals surface area contributed by atoms with Crippen molar-refractivity contribution in [3.05, 3.63) is 88.4 Å². The Morgan fingerprint density at radius 2 is 2.00 bits per heavy atom. The molecule has 3 aromatic rings. The lowest BCUT2D eigenvalue weighted by molar-refractivity contribution is -0.148. The quantitative estimate of drug-likeness (QED) is 0.602. The summed E-state index contributed by atoms with van der Waals surface area (Å²) in [5, 5.41) is 10.2. The van der Waals surface area contributed by atoms with Crippen molar-refractivity contribution in [2.45, 2.75) is 25.2 Å². The van der Waals surface area contributed by atoms with Crippen molar-refractivity contribution in [2.75, 3.05) is 13.7 Å². The average molecular weight is 449 g/mol. The third-order valence-electron chi connectivity index (χ3n) is 6.90. The third kappa shape index (κ3) is 3.46. The summed E-state index contributed by atoms with van der Waals surface area (Å²) in [7, 11) is 1.33. The molecule has 8 heteroatoms. The number of aromatic nitrogens is 2. The van der Waals surface area contributed by atoms with Crippen LogP contribution in [-0.4, -0.2) is 45.3 Å². The Bertz CT molecular complexity index is 1250. The van der Waals surface area contributed by atoms with Gasteiger partial charge in [0.1, 0.15) is 5.82 Å². The van der Waals surface area contributed by atoms with Crippen molar-refractivity contribution in [3.63, 3.8) is 0 Å². The number of nitrogens with zero attached hydrogens (tertiary/aromatic N) is 3. The predicted octanol–water partition coefficient (Wildman–Crippen LogP) is 2.39. The fraction of sp³-hybridized carbons (Fsp3) is 0.320. The Hall–Kier alpha value is -3.36. The number of fused-ring (bicyclic) bond motifs is 4. The van der Waals surface area contributed by atoms with Crippen molar-refractivity contribution in [1.29, 1.82) is 0 Å². The molecule has 4 heterocycles. The van der Waals surface area contributed by atoms with Crippen LogP contribution in [-0.2, 0) is 22.6 Å². The van der Waals surface area contributed by atoms with E-state index in [0.717, 1.165) is 5.56 Å². The van der Waals surface area contributed by atoms with Crippen LogP contribution in [0.2, 0.25) is 0 Å². The summed E-state index contributed by atoms with van der Waals surface area (Å²) >= 11 is 0. The van der Waals surface area contributed by atoms with E-state index in [1.807, 2.05) is 12.1 Å². The van der Waals surface area contributed by atoms with E-state index in [4.69, 9.17) is 4.74 Å². The van der Waals surface area contributed by atoms with E-state index in [1.54, 1.807) is 47.3 Å². The molecule has 0 saturated carbocycles. The van der Waals surface area contributed by atoms with Gasteiger partial charge in [-0.3, -0.25) is 19.5 Å². The molecule has 0 unspecified atom stereocenters. The highest BCUT2D eigenvalue weighted by molar-refractivity contribution is 5.75. The van der Waals surface area contributed by atoms with Crippen molar-refractivity contribution < 1.29 is 19.0 Å². The van der Waals surface area contributed by atoms with Gasteiger partial charge in [0.25, 0.3) is 5.56 Å². The summed E-state index contributed by atoms with van der Waals surface area (Å²) in [6.45, 7) is 0.579. The molecular weight excluding hydrogens is 425 g/mol. The lowest BCUT2D eigenvalue weighted by Gasteiger charge is -2.38. The molecule has 1 saturated heterocycles. The second-order valence-electron chi connectivity index (χ2n) is 8.51. The standard InChI is InChI=1S/C25H24FN3O4/c1-33-25(32)22-18(14-30)21-13-29-20(23(22)28(21)12-15-5-4-10-27-11-15)9-8-17(24(29)31)16-6-2-3-7-19(16)26/h2-11,18,21-23,30H,12-14H2,1H3/t18-,21-,22+,23+/m1/s1. The number of methoxy groups -OCH3 is 1. The SMILES string of the molecule is COC(=O)[C@H]1[C@H](CO)[C@H]2Cn3c(ccc(-c4ccccc4F)c3=O)[C@@H]1N2Cc1cccnc1. The minimum atomic E-state index is -0.630. The van der Waals surface area contributed by atoms with Gasteiger partial charge in [0.15, 0.2) is 0 Å². The van der Waals surface area contributed by atoms with Crippen molar-refractivity contribution in [1.82, 2.24) is 14.5 Å². The molecule has 1 fully saturated rings. The first-order valence-electron chi connectivity index (χ1n) is 10.9. The number of aliphatic hydroxyl groups excluding tert-OH is 1. The zero-order chi connectivity index (χ0) is 23.1. The first-order valence-corrected chi connectivity index (χ1v) is 10.9. The Kier molecular flexibility index (Phi) is 5.55. The molecule has 4 atom stereocenters. The maximum atomic E-state index is 14.4. The van der Waals surface area contributed by atoms with Crippen LogP contribution in [0.3, 0.4) is 0 Å². The third-order valence-corrected chi connectivity index (χ3v) is 6.90. The van der Waals surface area contributed by atoms with Crippen molar-refractivity contribution >= 4 is 5.97 Å². The summed E-state index contributed by atoms with van der Waals surface area (Å²) in [5.41, 5.74) is 1.83. The molecule has 7 nitrogen and oxygen atoms in total. The van der Waals surface area contributed by atoms with Crippen LogP contribution in [0.4, 0.5) is 4.39 Å². The van der Waals surface area contributed by atoms with Gasteiger partial charge in [0, 0.05) is 55.3 Å². The van der Waals surface area contributed by atoms with Gasteiger partial charge in [0.05, 0.1) is 24.6 Å². The van der Waals surface area contributed by atoms with Crippen molar-refractivity contribution in [2.24, 2.45) is 11.8 Å². The van der Waals surface area contributed by atoms with E-state index in [2.05, 4.69) is 9.88 Å². The number of halogens is 1. The second kappa shape index (κ2) is 8.53. The molecular formula is C25H24FN3O4. The minimum Gasteiger partial charge on any atom is -0.469 e. The first kappa shape index (κ1) is 21.5. The van der Waals surface area contributed by atoms with Gasteiger partial charge in [-0.2, -0.15) is 0 Å². The highest BCUT2D eigenvalue weighted by Crippen LogP contribution is 2.49. The van der Waals surface area contributed by atoms with Crippen LogP contribution in [0.1, 0.15) is 17.3 Å². The zero-order valence-corrected chi connectivity index (χ0v) is 18.1. The number of hydrogen-bond acceptors (Lipinski definition) is 6. The smallest absolute Gasteiger partial charge is 0.311 e. The lowest BCUT2D eigenvalue weighted by atomic mass is 9.87. The number of carbonyl (C=O) groups is 1. The molecule has 2 aromatic heterocycles. The Morgan fingerprint density at radius 1 is 1.18 bits per heavy atom. The number of pyridine rings is 2. The van der Waals surface area contributed by atoms with Gasteiger partial charge in [-0.1, -0.05) is 24.3 Å². The van der Waals surface area contributed by atoms with Crippen molar-refractivity contribution in [3.8, 4) is 11.1 Å². The first-order chi connectivity index (χ1) is 16.0. The molecule has 5 rings (SSSR count). The molecule has 2 aliphatic rings. The normalized spacial score (nSPS) is 23.8. The average Bonchev–Trinajstić information content (AvgIpc) is 3.04. The maximum absolute atomic E-state index is 14.4. The van der Waals surface area contributed by atoms with E-state index in [0.29, 0.717) is 12.2 Å². The van der Waals surface area contributed by atoms with Crippen LogP contribution >= 0.6 is 0 Å². The fourth-order valence-corrected chi connectivity index (χ4v) is 5.43. The summed E-state index contributed by atoms with van der Waals surface area (Å²) in [6, 6.07) is 12.7. The van der Waals surface area contributed by atoms with Gasteiger partial charge in [0.2, 0.25) is 0 Å². The Balaban J connectivity index is 1.65. The molecule has 170 valence electrons. The van der Waals surface area contributed by atoms with E-state index < -0.39 is 29.7 Å². The highest BCUT2D eigenvalue weighted by atomic mass is 19.1. The largest absolute Gasteiger partial charge is 0.469 e. The number of aliphatic hydroxyl groups is 1. The maximum Gasteiger partial charge on any atom is 0.311 e. The van der Waals surface area contributed by atoms with Crippen LogP contribution in [0.15, 0.2) is 65.7 Å². The monoisotopic (exact) mass is 449 g/mol. The van der Waals surface area contributed by atoms with E-state index in [-0.39, 0.29) is 35.9 Å². The molecule has 2 aliphatic heterocycles. The Morgan fingerprint density at radius 3 is 2.70 bits per heavy atom. The van der Waals surface area contributed by atoms with Crippen LogP contribution in [0.5, 0.6) is 0 Å². The number of hydrogen-bond donors (Lipinski definition) is 1. The number of ether oxygens (including phenoxy) is 1. The second-order valence-corrected chi connectivity index (χ2v) is 8.51. The topological polar surface area (TPSA) is 84.7 Å². The van der Waals surface area contributed by atoms with E-state index >= 15 is 0 Å². The van der Waals surface area contributed by atoms with Gasteiger partial charge < -0.3 is 14.4 Å². The minimum absolute atomic E-state index is 0.215. The van der Waals surface area contributed by atoms with Crippen LogP contribution in [0.25, 0.3) is 11.1 Å². The molecule has 0 radical (unpaired) electrons. The van der Waals surface area contributed by atoms with Crippen LogP contribution in [0, 0.1) is 17.7 Å². The molecule has 0 amide bonds. The molecule has 0 aliphatic carbocycles. The molecule has 2 bridgehead atoms. The van der Waals surface area contributed by atoms with Gasteiger partial charge in [-0.25, -0.2) is 4.39 Å². The van der Waals surface area contributed by atoms with Gasteiger partial charge >= 0.3 is 5.97 Å². The summed E-state index contributed by atoms with van der Waals surface area (Å²) in [5.74, 6) is -1.92. The summed E-state index contributed by atoms with van der Waals surface area (Å²) < 4.78 is 21.2. The summed E-state index contributed by atoms with van der Waals surface area (Å²) in [4.78, 5) is 32.7. The lowest BCUT2D eigenvalue weighted by Crippen LogP contribution is -2.46. The van der Waals surface area contributed by atoms with Gasteiger partial charge in [-0.15, -0.1) is 0 Å². The highest BCUT2D eigenvalue weighted by Gasteiger charge is 2.56. The Labute approximate surface area is 190 Å². The van der Waals surface area contributed by atoms with E-state index in [1.165, 1.54) is 13.2 Å². The van der Waals surface area contributed by atoms with Gasteiger partial charge in [-0.05, 0) is 29.8 Å². The summed E-state index contributed by atoms with van der Waals surface area (Å²) in [6.07, 6.45) is 3.46. The molecule has 1 aromatic carbocycles. The molecule has 1 N–H and O–H groups in total. The predicted molar refractivity (Wildman–Crippen MR) is 118 cm³/mol. The fourth-order valence-electron chi connectivity index (χ4n) is 5.43. The number of esters is 1. The van der Waals surface area contributed by atoms with Crippen LogP contribution < -0.4 is 5.56 Å². The molecule has 33 heavy (non-hydrogen) atoms.